The van der Waals surface area contributed by atoms with Gasteiger partial charge >= 0.3 is 5.97 Å². The number of nitrogens with one attached hydrogen (secondary N) is 1. The zero-order valence-electron chi connectivity index (χ0n) is 9.53. The lowest BCUT2D eigenvalue weighted by Crippen LogP contribution is -2.62. The van der Waals surface area contributed by atoms with Crippen LogP contribution >= 0.6 is 0 Å². The van der Waals surface area contributed by atoms with Crippen LogP contribution in [0.2, 0.25) is 0 Å². The van der Waals surface area contributed by atoms with Crippen LogP contribution in [-0.2, 0) is 9.59 Å². The molecule has 5 heteroatoms. The Labute approximate surface area is 94.8 Å². The SMILES string of the molecule is CC1(C(=O)O)CCCCN1C(=O)C1CNC1. The van der Waals surface area contributed by atoms with Gasteiger partial charge in [0, 0.05) is 19.6 Å². The zero-order chi connectivity index (χ0) is 11.8. The summed E-state index contributed by atoms with van der Waals surface area (Å²) < 4.78 is 0. The summed E-state index contributed by atoms with van der Waals surface area (Å²) in [6.45, 7) is 3.62. The van der Waals surface area contributed by atoms with E-state index < -0.39 is 11.5 Å². The number of piperidine rings is 1. The van der Waals surface area contributed by atoms with E-state index in [-0.39, 0.29) is 11.8 Å². The average Bonchev–Trinajstić information content (AvgIpc) is 2.15. The molecule has 90 valence electrons. The number of carboxylic acid groups (broad SMARTS) is 1. The van der Waals surface area contributed by atoms with Crippen LogP contribution in [-0.4, -0.2) is 47.1 Å². The van der Waals surface area contributed by atoms with Crippen molar-refractivity contribution in [1.82, 2.24) is 10.2 Å². The van der Waals surface area contributed by atoms with E-state index in [0.717, 1.165) is 12.8 Å². The fraction of sp³-hybridized carbons (Fsp3) is 0.818. The second kappa shape index (κ2) is 4.05. The quantitative estimate of drug-likeness (QED) is 0.698. The molecule has 2 aliphatic heterocycles. The van der Waals surface area contributed by atoms with Gasteiger partial charge in [-0.2, -0.15) is 0 Å². The first kappa shape index (κ1) is 11.4. The molecule has 16 heavy (non-hydrogen) atoms. The molecule has 5 nitrogen and oxygen atoms in total. The van der Waals surface area contributed by atoms with Gasteiger partial charge in [-0.25, -0.2) is 4.79 Å². The first-order chi connectivity index (χ1) is 7.55. The molecule has 2 rings (SSSR count). The summed E-state index contributed by atoms with van der Waals surface area (Å²) in [5.41, 5.74) is -0.995. The molecule has 0 aromatic rings. The molecule has 1 unspecified atom stereocenters. The lowest BCUT2D eigenvalue weighted by molar-refractivity contribution is -0.163. The van der Waals surface area contributed by atoms with Gasteiger partial charge in [0.15, 0.2) is 0 Å². The number of carboxylic acids is 1. The number of rotatable bonds is 2. The summed E-state index contributed by atoms with van der Waals surface area (Å²) in [5.74, 6) is -0.895. The molecule has 2 heterocycles. The van der Waals surface area contributed by atoms with Gasteiger partial charge in [-0.3, -0.25) is 4.79 Å². The highest BCUT2D eigenvalue weighted by atomic mass is 16.4. The van der Waals surface area contributed by atoms with Crippen LogP contribution in [0.15, 0.2) is 0 Å². The van der Waals surface area contributed by atoms with Gasteiger partial charge in [-0.05, 0) is 26.2 Å². The summed E-state index contributed by atoms with van der Waals surface area (Å²) >= 11 is 0. The van der Waals surface area contributed by atoms with Gasteiger partial charge in [0.05, 0.1) is 5.92 Å². The third kappa shape index (κ3) is 1.69. The van der Waals surface area contributed by atoms with Crippen molar-refractivity contribution in [1.29, 1.82) is 0 Å². The van der Waals surface area contributed by atoms with Crippen molar-refractivity contribution in [3.63, 3.8) is 0 Å². The Hall–Kier alpha value is -1.10. The van der Waals surface area contributed by atoms with Crippen LogP contribution in [0, 0.1) is 5.92 Å². The largest absolute Gasteiger partial charge is 0.480 e. The van der Waals surface area contributed by atoms with Gasteiger partial charge < -0.3 is 15.3 Å². The number of nitrogens with zero attached hydrogens (tertiary/aromatic N) is 1. The molecular weight excluding hydrogens is 208 g/mol. The Morgan fingerprint density at radius 2 is 2.06 bits per heavy atom. The van der Waals surface area contributed by atoms with Gasteiger partial charge in [-0.1, -0.05) is 0 Å². The highest BCUT2D eigenvalue weighted by Crippen LogP contribution is 2.30. The second-order valence-electron chi connectivity index (χ2n) is 4.88. The van der Waals surface area contributed by atoms with Crippen molar-refractivity contribution in [3.05, 3.63) is 0 Å². The molecule has 2 aliphatic rings. The van der Waals surface area contributed by atoms with Crippen LogP contribution in [0.3, 0.4) is 0 Å². The van der Waals surface area contributed by atoms with E-state index in [1.807, 2.05) is 0 Å². The first-order valence-electron chi connectivity index (χ1n) is 5.81. The molecule has 0 aromatic heterocycles. The highest BCUT2D eigenvalue weighted by Gasteiger charge is 2.46. The molecule has 2 fully saturated rings. The molecule has 1 atom stereocenters. The summed E-state index contributed by atoms with van der Waals surface area (Å²) in [6, 6.07) is 0. The minimum Gasteiger partial charge on any atom is -0.480 e. The van der Waals surface area contributed by atoms with E-state index in [9.17, 15) is 14.7 Å². The minimum atomic E-state index is -0.995. The summed E-state index contributed by atoms with van der Waals surface area (Å²) in [5, 5.41) is 12.3. The second-order valence-corrected chi connectivity index (χ2v) is 4.88. The van der Waals surface area contributed by atoms with Crippen LogP contribution in [0.5, 0.6) is 0 Å². The maximum absolute atomic E-state index is 12.1. The number of carbonyl (C=O) groups excluding carboxylic acids is 1. The van der Waals surface area contributed by atoms with Gasteiger partial charge in [0.2, 0.25) is 5.91 Å². The maximum Gasteiger partial charge on any atom is 0.329 e. The number of hydrogen-bond donors (Lipinski definition) is 2. The van der Waals surface area contributed by atoms with Gasteiger partial charge in [0.1, 0.15) is 5.54 Å². The van der Waals surface area contributed by atoms with Crippen LogP contribution in [0.4, 0.5) is 0 Å². The number of likely N-dealkylation sites (tertiary alicyclic amines) is 1. The van der Waals surface area contributed by atoms with E-state index in [1.54, 1.807) is 11.8 Å². The molecule has 1 amide bonds. The summed E-state index contributed by atoms with van der Waals surface area (Å²) in [4.78, 5) is 25.0. The number of hydrogen-bond acceptors (Lipinski definition) is 3. The predicted octanol–water partition coefficient (Wildman–Crippen LogP) is 0.0616. The molecule has 0 radical (unpaired) electrons. The summed E-state index contributed by atoms with van der Waals surface area (Å²) in [7, 11) is 0. The lowest BCUT2D eigenvalue weighted by atomic mass is 9.86. The Morgan fingerprint density at radius 1 is 1.38 bits per heavy atom. The van der Waals surface area contributed by atoms with Crippen LogP contribution in [0.1, 0.15) is 26.2 Å². The Balaban J connectivity index is 2.15. The minimum absolute atomic E-state index is 0.00310. The van der Waals surface area contributed by atoms with Crippen molar-refractivity contribution in [2.45, 2.75) is 31.7 Å². The standard InChI is InChI=1S/C11H18N2O3/c1-11(10(15)16)4-2-3-5-13(11)9(14)8-6-12-7-8/h8,12H,2-7H2,1H3,(H,15,16). The highest BCUT2D eigenvalue weighted by molar-refractivity contribution is 5.88. The molecule has 0 spiro atoms. The maximum atomic E-state index is 12.1. The van der Waals surface area contributed by atoms with Gasteiger partial charge in [-0.15, -0.1) is 0 Å². The fourth-order valence-electron chi connectivity index (χ4n) is 2.38. The molecular formula is C11H18N2O3. The predicted molar refractivity (Wildman–Crippen MR) is 58.0 cm³/mol. The van der Waals surface area contributed by atoms with Crippen molar-refractivity contribution in [2.75, 3.05) is 19.6 Å². The topological polar surface area (TPSA) is 69.6 Å². The molecule has 0 bridgehead atoms. The Bertz CT molecular complexity index is 314. The summed E-state index contributed by atoms with van der Waals surface area (Å²) in [6.07, 6.45) is 2.36. The number of amides is 1. The number of carbonyl (C=O) groups is 2. The van der Waals surface area contributed by atoms with E-state index in [0.29, 0.717) is 26.1 Å². The van der Waals surface area contributed by atoms with Crippen LogP contribution in [0.25, 0.3) is 0 Å². The molecule has 0 saturated carbocycles. The van der Waals surface area contributed by atoms with Crippen molar-refractivity contribution in [2.24, 2.45) is 5.92 Å². The third-order valence-electron chi connectivity index (χ3n) is 3.75. The van der Waals surface area contributed by atoms with Crippen LogP contribution < -0.4 is 5.32 Å². The Morgan fingerprint density at radius 3 is 2.56 bits per heavy atom. The van der Waals surface area contributed by atoms with Crippen molar-refractivity contribution in [3.8, 4) is 0 Å². The smallest absolute Gasteiger partial charge is 0.329 e. The lowest BCUT2D eigenvalue weighted by Gasteiger charge is -2.44. The van der Waals surface area contributed by atoms with Gasteiger partial charge in [0.25, 0.3) is 0 Å². The normalized spacial score (nSPS) is 30.9. The first-order valence-corrected chi connectivity index (χ1v) is 5.81. The van der Waals surface area contributed by atoms with E-state index >= 15 is 0 Å². The zero-order valence-corrected chi connectivity index (χ0v) is 9.53. The van der Waals surface area contributed by atoms with E-state index in [2.05, 4.69) is 5.32 Å². The van der Waals surface area contributed by atoms with E-state index in [1.165, 1.54) is 0 Å². The molecule has 0 aromatic carbocycles. The number of aliphatic carboxylic acids is 1. The molecule has 2 saturated heterocycles. The van der Waals surface area contributed by atoms with E-state index in [4.69, 9.17) is 0 Å². The monoisotopic (exact) mass is 226 g/mol. The molecule has 0 aliphatic carbocycles. The third-order valence-corrected chi connectivity index (χ3v) is 3.75. The Kier molecular flexibility index (Phi) is 2.88. The molecule has 2 N–H and O–H groups in total. The van der Waals surface area contributed by atoms with Crippen molar-refractivity contribution < 1.29 is 14.7 Å². The fourth-order valence-corrected chi connectivity index (χ4v) is 2.38. The van der Waals surface area contributed by atoms with Crippen molar-refractivity contribution >= 4 is 11.9 Å². The average molecular weight is 226 g/mol.